The van der Waals surface area contributed by atoms with Gasteiger partial charge < -0.3 is 39.0 Å². The molecule has 6 aliphatic heterocycles. The summed E-state index contributed by atoms with van der Waals surface area (Å²) in [4.78, 5) is 35.1. The summed E-state index contributed by atoms with van der Waals surface area (Å²) in [7, 11) is 0. The van der Waals surface area contributed by atoms with Gasteiger partial charge in [-0.3, -0.25) is 19.9 Å². The van der Waals surface area contributed by atoms with Gasteiger partial charge in [0.15, 0.2) is 0 Å². The third-order valence-corrected chi connectivity index (χ3v) is 16.6. The van der Waals surface area contributed by atoms with Gasteiger partial charge in [-0.1, -0.05) is 35.9 Å². The van der Waals surface area contributed by atoms with Crippen molar-refractivity contribution in [1.82, 2.24) is 29.9 Å². The van der Waals surface area contributed by atoms with E-state index in [1.807, 2.05) is 68.7 Å². The predicted octanol–water partition coefficient (Wildman–Crippen LogP) is 11.0. The Morgan fingerprint density at radius 2 is 1.08 bits per heavy atom. The van der Waals surface area contributed by atoms with E-state index in [1.54, 1.807) is 30.6 Å². The van der Waals surface area contributed by atoms with Crippen LogP contribution in [0.3, 0.4) is 0 Å². The molecule has 4 saturated heterocycles. The summed E-state index contributed by atoms with van der Waals surface area (Å²) in [5, 5.41) is 4.86. The Balaban J connectivity index is 0.000000128. The first-order valence-electron chi connectivity index (χ1n) is 26.7. The SMILES string of the molecule is Cc1c(-c2ccccn2)nc2cccc(F)c2c1Cl.Cc1c(-c2ccccn2)nc2cccc(F)c2c1N1CC2(CCOCC2)c2ncc(N3CCOCC3)cc21.c1nc2c(cc1N1CCOCC1)NCC21CCOCC1. The smallest absolute Gasteiger partial charge is 0.134 e. The Hall–Kier alpha value is -6.95. The number of aromatic nitrogens is 6. The standard InChI is InChI=1S/C30H30FN5O2.C15H10ClFN2.C15H21N3O2/c1-20-27(24-6-2-3-10-32-24)34-23-7-4-5-22(31)26(23)28(20)36-19-30(8-13-37-14-9-30)29-25(36)17-21(18-33-29)35-11-15-38-16-12-35;1-9-14(16)13-10(17)5-4-7-11(13)19-15(9)12-6-2-3-8-18-12;1-5-19-6-2-15(1)11-17-13-9-12(10-16-14(13)15)18-3-7-20-8-4-18/h2-7,10,17-18H,8-9,11-16,19H2,1H3;2-8H,1H3;9-10,17H,1-8,11H2. The molecule has 0 bridgehead atoms. The molecule has 0 amide bonds. The van der Waals surface area contributed by atoms with Crippen molar-refractivity contribution in [3.05, 3.63) is 149 Å². The van der Waals surface area contributed by atoms with Gasteiger partial charge in [-0.25, -0.2) is 18.7 Å². The van der Waals surface area contributed by atoms with E-state index < -0.39 is 0 Å². The number of halogens is 3. The molecule has 14 rings (SSSR count). The number of hydrogen-bond acceptors (Lipinski definition) is 14. The molecule has 0 radical (unpaired) electrons. The average molecular weight is 1060 g/mol. The first kappa shape index (κ1) is 50.8. The number of pyridine rings is 6. The van der Waals surface area contributed by atoms with Crippen LogP contribution in [0.5, 0.6) is 0 Å². The fourth-order valence-corrected chi connectivity index (χ4v) is 12.2. The number of hydrogen-bond donors (Lipinski definition) is 1. The normalized spacial score (nSPS) is 18.3. The first-order valence-corrected chi connectivity index (χ1v) is 27.1. The third kappa shape index (κ3) is 9.79. The molecule has 396 valence electrons. The van der Waals surface area contributed by atoms with Crippen LogP contribution >= 0.6 is 11.6 Å². The summed E-state index contributed by atoms with van der Waals surface area (Å²) < 4.78 is 51.8. The molecule has 0 aliphatic carbocycles. The lowest BCUT2D eigenvalue weighted by Gasteiger charge is -2.34. The van der Waals surface area contributed by atoms with Crippen LogP contribution in [0.1, 0.15) is 48.2 Å². The lowest BCUT2D eigenvalue weighted by molar-refractivity contribution is 0.0545. The molecule has 0 saturated carbocycles. The Bertz CT molecular complexity index is 3430. The van der Waals surface area contributed by atoms with Crippen molar-refractivity contribution in [2.24, 2.45) is 0 Å². The van der Waals surface area contributed by atoms with Gasteiger partial charge >= 0.3 is 0 Å². The Morgan fingerprint density at radius 3 is 1.66 bits per heavy atom. The number of morpholine rings is 2. The molecule has 1 N–H and O–H groups in total. The van der Waals surface area contributed by atoms with E-state index in [1.165, 1.54) is 29.2 Å². The van der Waals surface area contributed by atoms with Crippen LogP contribution in [0.4, 0.5) is 37.2 Å². The van der Waals surface area contributed by atoms with E-state index in [4.69, 9.17) is 45.5 Å². The molecule has 77 heavy (non-hydrogen) atoms. The average Bonchev–Trinajstić information content (AvgIpc) is 4.09. The second-order valence-electron chi connectivity index (χ2n) is 20.6. The van der Waals surface area contributed by atoms with E-state index in [9.17, 15) is 4.39 Å². The van der Waals surface area contributed by atoms with Crippen molar-refractivity contribution >= 4 is 61.8 Å². The summed E-state index contributed by atoms with van der Waals surface area (Å²) in [6.07, 6.45) is 11.4. The fraction of sp³-hybridized carbons (Fsp3) is 0.367. The summed E-state index contributed by atoms with van der Waals surface area (Å²) in [6.45, 7) is 15.3. The zero-order chi connectivity index (χ0) is 52.5. The minimum atomic E-state index is -0.356. The lowest BCUT2D eigenvalue weighted by atomic mass is 9.78. The Morgan fingerprint density at radius 1 is 0.558 bits per heavy atom. The lowest BCUT2D eigenvalue weighted by Crippen LogP contribution is -2.38. The van der Waals surface area contributed by atoms with Crippen molar-refractivity contribution in [3.8, 4) is 22.8 Å². The van der Waals surface area contributed by atoms with Gasteiger partial charge in [0.05, 0.1) is 128 Å². The second-order valence-corrected chi connectivity index (χ2v) is 21.0. The molecule has 12 heterocycles. The molecular formula is C60H61ClF2N10O4. The number of benzene rings is 2. The number of ether oxygens (including phenoxy) is 4. The van der Waals surface area contributed by atoms with Gasteiger partial charge in [-0.2, -0.15) is 0 Å². The van der Waals surface area contributed by atoms with Crippen molar-refractivity contribution in [3.63, 3.8) is 0 Å². The zero-order valence-electron chi connectivity index (χ0n) is 43.4. The molecule has 4 fully saturated rings. The second kappa shape index (κ2) is 21.8. The third-order valence-electron chi connectivity index (χ3n) is 16.1. The van der Waals surface area contributed by atoms with Crippen molar-refractivity contribution in [2.45, 2.75) is 50.4 Å². The predicted molar refractivity (Wildman–Crippen MR) is 298 cm³/mol. The molecular weight excluding hydrogens is 998 g/mol. The van der Waals surface area contributed by atoms with Crippen molar-refractivity contribution in [1.29, 1.82) is 0 Å². The maximum absolute atomic E-state index is 15.7. The highest BCUT2D eigenvalue weighted by Crippen LogP contribution is 2.52. The van der Waals surface area contributed by atoms with Crippen LogP contribution in [-0.2, 0) is 29.8 Å². The van der Waals surface area contributed by atoms with E-state index in [-0.39, 0.29) is 22.5 Å². The molecule has 2 aromatic carbocycles. The topological polar surface area (TPSA) is 136 Å². The molecule has 8 aromatic rings. The van der Waals surface area contributed by atoms with Crippen LogP contribution in [0, 0.1) is 25.5 Å². The minimum absolute atomic E-state index is 0.143. The van der Waals surface area contributed by atoms with Gasteiger partial charge in [0.25, 0.3) is 0 Å². The number of nitrogens with zero attached hydrogens (tertiary/aromatic N) is 9. The number of fused-ring (bicyclic) bond motifs is 6. The summed E-state index contributed by atoms with van der Waals surface area (Å²) in [5.41, 5.74) is 13.5. The first-order chi connectivity index (χ1) is 37.7. The molecule has 17 heteroatoms. The highest BCUT2D eigenvalue weighted by Gasteiger charge is 2.47. The number of nitrogens with one attached hydrogen (secondary N) is 1. The maximum Gasteiger partial charge on any atom is 0.134 e. The summed E-state index contributed by atoms with van der Waals surface area (Å²) >= 11 is 6.28. The largest absolute Gasteiger partial charge is 0.383 e. The zero-order valence-corrected chi connectivity index (χ0v) is 44.2. The van der Waals surface area contributed by atoms with Crippen molar-refractivity contribution < 1.29 is 27.7 Å². The molecule has 6 aliphatic rings. The molecule has 0 atom stereocenters. The van der Waals surface area contributed by atoms with E-state index >= 15 is 4.39 Å². The van der Waals surface area contributed by atoms with Gasteiger partial charge in [-0.15, -0.1) is 0 Å². The van der Waals surface area contributed by atoms with E-state index in [2.05, 4.69) is 47.1 Å². The number of anilines is 5. The van der Waals surface area contributed by atoms with Crippen LogP contribution in [0.15, 0.2) is 110 Å². The van der Waals surface area contributed by atoms with Crippen LogP contribution in [0.25, 0.3) is 44.6 Å². The van der Waals surface area contributed by atoms with E-state index in [0.717, 1.165) is 142 Å². The molecule has 14 nitrogen and oxygen atoms in total. The molecule has 0 unspecified atom stereocenters. The monoisotopic (exact) mass is 1060 g/mol. The molecule has 6 aromatic heterocycles. The quantitative estimate of drug-likeness (QED) is 0.175. The number of rotatable bonds is 5. The maximum atomic E-state index is 15.7. The van der Waals surface area contributed by atoms with E-state index in [0.29, 0.717) is 58.9 Å². The van der Waals surface area contributed by atoms with Gasteiger partial charge in [0.1, 0.15) is 11.6 Å². The minimum Gasteiger partial charge on any atom is -0.383 e. The Labute approximate surface area is 451 Å². The highest BCUT2D eigenvalue weighted by atomic mass is 35.5. The summed E-state index contributed by atoms with van der Waals surface area (Å²) in [6, 6.07) is 25.8. The van der Waals surface area contributed by atoms with Gasteiger partial charge in [0.2, 0.25) is 0 Å². The van der Waals surface area contributed by atoms with Crippen molar-refractivity contribution in [2.75, 3.05) is 112 Å². The fourth-order valence-electron chi connectivity index (χ4n) is 11.9. The molecule has 2 spiro atoms. The highest BCUT2D eigenvalue weighted by molar-refractivity contribution is 6.36. The Kier molecular flexibility index (Phi) is 14.4. The van der Waals surface area contributed by atoms with Crippen LogP contribution in [-0.4, -0.2) is 122 Å². The summed E-state index contributed by atoms with van der Waals surface area (Å²) in [5.74, 6) is -0.627. The van der Waals surface area contributed by atoms with Crippen LogP contribution in [0.2, 0.25) is 5.02 Å². The van der Waals surface area contributed by atoms with Gasteiger partial charge in [-0.05, 0) is 106 Å². The van der Waals surface area contributed by atoms with Gasteiger partial charge in [0, 0.05) is 94.5 Å². The van der Waals surface area contributed by atoms with Crippen LogP contribution < -0.4 is 20.0 Å².